The number of halogens is 3. The van der Waals surface area contributed by atoms with Gasteiger partial charge in [-0.25, -0.2) is 0 Å². The van der Waals surface area contributed by atoms with Crippen molar-refractivity contribution in [2.75, 3.05) is 18.0 Å². The molecule has 0 radical (unpaired) electrons. The average molecular weight is 308 g/mol. The van der Waals surface area contributed by atoms with Crippen LogP contribution in [0.25, 0.3) is 11.1 Å². The zero-order valence-electron chi connectivity index (χ0n) is 11.8. The fourth-order valence-electron chi connectivity index (χ4n) is 2.77. The van der Waals surface area contributed by atoms with Crippen LogP contribution in [0.3, 0.4) is 0 Å². The molecule has 0 aliphatic carbocycles. The minimum absolute atomic E-state index is 0.234. The lowest BCUT2D eigenvalue weighted by atomic mass is 10.0. The van der Waals surface area contributed by atoms with E-state index in [1.54, 1.807) is 11.0 Å². The second-order valence-corrected chi connectivity index (χ2v) is 5.37. The van der Waals surface area contributed by atoms with E-state index in [-0.39, 0.29) is 11.2 Å². The first kappa shape index (κ1) is 14.7. The van der Waals surface area contributed by atoms with Crippen molar-refractivity contribution >= 4 is 5.69 Å². The van der Waals surface area contributed by atoms with Crippen molar-refractivity contribution in [3.8, 4) is 11.1 Å². The molecule has 2 aromatic rings. The first-order valence-electron chi connectivity index (χ1n) is 7.10. The minimum Gasteiger partial charge on any atom is -0.371 e. The van der Waals surface area contributed by atoms with Crippen LogP contribution in [0.2, 0.25) is 0 Å². The van der Waals surface area contributed by atoms with Crippen molar-refractivity contribution in [3.05, 3.63) is 52.4 Å². The van der Waals surface area contributed by atoms with Crippen LogP contribution >= 0.6 is 0 Å². The molecule has 0 amide bonds. The number of anilines is 1. The van der Waals surface area contributed by atoms with Gasteiger partial charge in [0.2, 0.25) is 5.56 Å². The predicted octanol–water partition coefficient (Wildman–Crippen LogP) is 3.66. The summed E-state index contributed by atoms with van der Waals surface area (Å²) in [6, 6.07) is 7.16. The lowest BCUT2D eigenvalue weighted by Gasteiger charge is -2.23. The molecule has 22 heavy (non-hydrogen) atoms. The van der Waals surface area contributed by atoms with Crippen molar-refractivity contribution in [3.63, 3.8) is 0 Å². The Kier molecular flexibility index (Phi) is 3.68. The van der Waals surface area contributed by atoms with Gasteiger partial charge in [0.1, 0.15) is 0 Å². The van der Waals surface area contributed by atoms with E-state index < -0.39 is 11.7 Å². The number of aromatic nitrogens is 1. The Morgan fingerprint density at radius 2 is 1.68 bits per heavy atom. The predicted molar refractivity (Wildman–Crippen MR) is 78.9 cm³/mol. The molecular weight excluding hydrogens is 293 g/mol. The summed E-state index contributed by atoms with van der Waals surface area (Å²) in [5.74, 6) is 0. The summed E-state index contributed by atoms with van der Waals surface area (Å²) in [6.07, 6.45) is -1.15. The summed E-state index contributed by atoms with van der Waals surface area (Å²) in [5.41, 5.74) is 0.314. The van der Waals surface area contributed by atoms with Crippen molar-refractivity contribution in [2.45, 2.75) is 19.0 Å². The first-order valence-corrected chi connectivity index (χ1v) is 7.10. The second kappa shape index (κ2) is 5.51. The molecule has 116 valence electrons. The van der Waals surface area contributed by atoms with Gasteiger partial charge in [0, 0.05) is 31.0 Å². The number of alkyl halides is 3. The number of aromatic amines is 1. The fourth-order valence-corrected chi connectivity index (χ4v) is 2.77. The van der Waals surface area contributed by atoms with E-state index in [0.29, 0.717) is 24.2 Å². The monoisotopic (exact) mass is 308 g/mol. The molecule has 3 nitrogen and oxygen atoms in total. The highest BCUT2D eigenvalue weighted by atomic mass is 19.4. The second-order valence-electron chi connectivity index (χ2n) is 5.37. The van der Waals surface area contributed by atoms with Crippen LogP contribution in [0.4, 0.5) is 18.9 Å². The molecule has 0 spiro atoms. The smallest absolute Gasteiger partial charge is 0.371 e. The molecule has 2 heterocycles. The van der Waals surface area contributed by atoms with Gasteiger partial charge in [-0.05, 0) is 42.2 Å². The maximum absolute atomic E-state index is 13.4. The molecule has 0 atom stereocenters. The van der Waals surface area contributed by atoms with Gasteiger partial charge in [0.15, 0.2) is 0 Å². The lowest BCUT2D eigenvalue weighted by Crippen LogP contribution is -2.22. The van der Waals surface area contributed by atoms with Crippen LogP contribution in [-0.2, 0) is 6.18 Å². The maximum Gasteiger partial charge on any atom is 0.418 e. The zero-order valence-corrected chi connectivity index (χ0v) is 11.8. The highest BCUT2D eigenvalue weighted by molar-refractivity contribution is 5.69. The van der Waals surface area contributed by atoms with E-state index in [2.05, 4.69) is 4.98 Å². The molecule has 1 N–H and O–H groups in total. The Hall–Kier alpha value is -2.24. The molecule has 0 bridgehead atoms. The molecule has 6 heteroatoms. The summed E-state index contributed by atoms with van der Waals surface area (Å²) >= 11 is 0. The summed E-state index contributed by atoms with van der Waals surface area (Å²) in [5, 5.41) is 0. The van der Waals surface area contributed by atoms with E-state index in [0.717, 1.165) is 18.9 Å². The van der Waals surface area contributed by atoms with Crippen LogP contribution < -0.4 is 10.5 Å². The normalized spacial score (nSPS) is 15.3. The maximum atomic E-state index is 13.4. The van der Waals surface area contributed by atoms with Gasteiger partial charge in [-0.2, -0.15) is 13.2 Å². The van der Waals surface area contributed by atoms with Crippen LogP contribution in [0.5, 0.6) is 0 Å². The first-order chi connectivity index (χ1) is 10.4. The Morgan fingerprint density at radius 1 is 1.00 bits per heavy atom. The molecule has 0 unspecified atom stereocenters. The highest BCUT2D eigenvalue weighted by Gasteiger charge is 2.35. The third-order valence-electron chi connectivity index (χ3n) is 3.87. The number of pyridine rings is 1. The third-order valence-corrected chi connectivity index (χ3v) is 3.87. The van der Waals surface area contributed by atoms with Crippen molar-refractivity contribution in [1.82, 2.24) is 4.98 Å². The molecule has 1 fully saturated rings. The number of benzene rings is 1. The summed E-state index contributed by atoms with van der Waals surface area (Å²) < 4.78 is 40.1. The number of H-pyrrole nitrogens is 1. The SMILES string of the molecule is O=c1ccc(-c2ccc(N3CCCC3)c(C(F)(F)F)c2)c[nH]1. The quantitative estimate of drug-likeness (QED) is 0.919. The van der Waals surface area contributed by atoms with Crippen LogP contribution in [0, 0.1) is 0 Å². The lowest BCUT2D eigenvalue weighted by molar-refractivity contribution is -0.137. The molecule has 1 aromatic carbocycles. The van der Waals surface area contributed by atoms with Crippen LogP contribution in [0.15, 0.2) is 41.3 Å². The number of hydrogen-bond donors (Lipinski definition) is 1. The molecule has 1 aliphatic rings. The zero-order chi connectivity index (χ0) is 15.7. The van der Waals surface area contributed by atoms with Crippen molar-refractivity contribution in [2.24, 2.45) is 0 Å². The Balaban J connectivity index is 2.07. The van der Waals surface area contributed by atoms with Crippen molar-refractivity contribution in [1.29, 1.82) is 0 Å². The van der Waals surface area contributed by atoms with Gasteiger partial charge in [-0.1, -0.05) is 6.07 Å². The summed E-state index contributed by atoms with van der Waals surface area (Å²) in [4.78, 5) is 15.3. The van der Waals surface area contributed by atoms with E-state index in [9.17, 15) is 18.0 Å². The topological polar surface area (TPSA) is 36.1 Å². The average Bonchev–Trinajstić information content (AvgIpc) is 3.01. The largest absolute Gasteiger partial charge is 0.418 e. The van der Waals surface area contributed by atoms with E-state index in [4.69, 9.17) is 0 Å². The summed E-state index contributed by atoms with van der Waals surface area (Å²) in [7, 11) is 0. The van der Waals surface area contributed by atoms with Gasteiger partial charge in [0.25, 0.3) is 0 Å². The van der Waals surface area contributed by atoms with Gasteiger partial charge < -0.3 is 9.88 Å². The number of nitrogens with zero attached hydrogens (tertiary/aromatic N) is 1. The third kappa shape index (κ3) is 2.86. The van der Waals surface area contributed by atoms with Crippen LogP contribution in [-0.4, -0.2) is 18.1 Å². The fraction of sp³-hybridized carbons (Fsp3) is 0.312. The summed E-state index contributed by atoms with van der Waals surface area (Å²) in [6.45, 7) is 1.31. The standard InChI is InChI=1S/C16H15F3N2O/c17-16(18,19)13-9-11(12-4-6-15(22)20-10-12)3-5-14(13)21-7-1-2-8-21/h3-6,9-10H,1-2,7-8H2,(H,20,22). The van der Waals surface area contributed by atoms with Crippen LogP contribution in [0.1, 0.15) is 18.4 Å². The number of nitrogens with one attached hydrogen (secondary N) is 1. The highest BCUT2D eigenvalue weighted by Crippen LogP contribution is 2.39. The Labute approximate surface area is 125 Å². The molecule has 1 aromatic heterocycles. The van der Waals surface area contributed by atoms with Gasteiger partial charge in [-0.3, -0.25) is 4.79 Å². The van der Waals surface area contributed by atoms with Gasteiger partial charge in [-0.15, -0.1) is 0 Å². The van der Waals surface area contributed by atoms with E-state index in [1.807, 2.05) is 0 Å². The van der Waals surface area contributed by atoms with E-state index in [1.165, 1.54) is 24.4 Å². The minimum atomic E-state index is -4.41. The number of hydrogen-bond acceptors (Lipinski definition) is 2. The molecule has 1 saturated heterocycles. The molecular formula is C16H15F3N2O. The Bertz CT molecular complexity index is 710. The van der Waals surface area contributed by atoms with Gasteiger partial charge >= 0.3 is 6.18 Å². The van der Waals surface area contributed by atoms with Gasteiger partial charge in [0.05, 0.1) is 5.56 Å². The molecule has 0 saturated carbocycles. The van der Waals surface area contributed by atoms with E-state index >= 15 is 0 Å². The number of rotatable bonds is 2. The molecule has 3 rings (SSSR count). The van der Waals surface area contributed by atoms with Crippen molar-refractivity contribution < 1.29 is 13.2 Å². The Morgan fingerprint density at radius 3 is 2.27 bits per heavy atom. The molecule has 1 aliphatic heterocycles.